The molecule has 1 N–H and O–H groups in total. The molecule has 1 fully saturated rings. The molecule has 0 saturated heterocycles. The highest BCUT2D eigenvalue weighted by Crippen LogP contribution is 2.27. The second kappa shape index (κ2) is 12.5. The van der Waals surface area contributed by atoms with Gasteiger partial charge in [-0.25, -0.2) is 0 Å². The summed E-state index contributed by atoms with van der Waals surface area (Å²) in [5, 5.41) is 4.54. The van der Waals surface area contributed by atoms with Gasteiger partial charge in [0, 0.05) is 33.2 Å². The zero-order valence-electron chi connectivity index (χ0n) is 18.7. The van der Waals surface area contributed by atoms with E-state index in [2.05, 4.69) is 5.32 Å². The van der Waals surface area contributed by atoms with Crippen LogP contribution >= 0.6 is 34.8 Å². The molecule has 3 rings (SSSR count). The molecule has 8 heteroatoms. The first-order valence-corrected chi connectivity index (χ1v) is 12.4. The number of nitrogens with one attached hydrogen (secondary N) is 1. The van der Waals surface area contributed by atoms with Crippen molar-refractivity contribution in [1.82, 2.24) is 10.2 Å². The molecule has 0 radical (unpaired) electrons. The smallest absolute Gasteiger partial charge is 0.261 e. The average molecular weight is 512 g/mol. The van der Waals surface area contributed by atoms with Crippen LogP contribution < -0.4 is 10.1 Å². The Morgan fingerprint density at radius 3 is 2.36 bits per heavy atom. The number of carbonyl (C=O) groups excluding carboxylic acids is 2. The lowest BCUT2D eigenvalue weighted by atomic mass is 9.95. The van der Waals surface area contributed by atoms with E-state index >= 15 is 0 Å². The Bertz CT molecular complexity index is 943. The normalized spacial score (nSPS) is 15.0. The van der Waals surface area contributed by atoms with Crippen LogP contribution in [-0.4, -0.2) is 35.4 Å². The summed E-state index contributed by atoms with van der Waals surface area (Å²) in [5.74, 6) is -0.0217. The molecule has 2 aromatic rings. The lowest BCUT2D eigenvalue weighted by Gasteiger charge is -2.33. The SMILES string of the molecule is CC[C@H](C(=O)NC1CCCCC1)N(Cc1c(Cl)cccc1Cl)C(=O)COc1cccc(Cl)c1. The minimum Gasteiger partial charge on any atom is -0.484 e. The van der Waals surface area contributed by atoms with Gasteiger partial charge in [-0.15, -0.1) is 0 Å². The minimum absolute atomic E-state index is 0.104. The number of ether oxygens (including phenoxy) is 1. The summed E-state index contributed by atoms with van der Waals surface area (Å²) < 4.78 is 5.68. The summed E-state index contributed by atoms with van der Waals surface area (Å²) in [6.45, 7) is 1.75. The molecule has 1 aliphatic rings. The molecule has 1 atom stereocenters. The fourth-order valence-electron chi connectivity index (χ4n) is 4.10. The molecule has 0 unspecified atom stereocenters. The average Bonchev–Trinajstić information content (AvgIpc) is 2.80. The van der Waals surface area contributed by atoms with Crippen molar-refractivity contribution in [2.24, 2.45) is 0 Å². The molecule has 0 heterocycles. The van der Waals surface area contributed by atoms with E-state index in [9.17, 15) is 9.59 Å². The fourth-order valence-corrected chi connectivity index (χ4v) is 4.80. The van der Waals surface area contributed by atoms with Gasteiger partial charge in [0.1, 0.15) is 11.8 Å². The minimum atomic E-state index is -0.672. The summed E-state index contributed by atoms with van der Waals surface area (Å²) >= 11 is 18.8. The third-order valence-electron chi connectivity index (χ3n) is 5.89. The number of hydrogen-bond acceptors (Lipinski definition) is 3. The molecule has 0 aliphatic heterocycles. The molecular formula is C25H29Cl3N2O3. The van der Waals surface area contributed by atoms with Crippen LogP contribution in [0.3, 0.4) is 0 Å². The van der Waals surface area contributed by atoms with Crippen LogP contribution in [0.15, 0.2) is 42.5 Å². The predicted octanol–water partition coefficient (Wildman–Crippen LogP) is 6.28. The first-order valence-electron chi connectivity index (χ1n) is 11.3. The Kier molecular flexibility index (Phi) is 9.72. The monoisotopic (exact) mass is 510 g/mol. The van der Waals surface area contributed by atoms with Gasteiger partial charge in [0.15, 0.2) is 6.61 Å². The van der Waals surface area contributed by atoms with E-state index in [0.717, 1.165) is 25.7 Å². The van der Waals surface area contributed by atoms with Gasteiger partial charge in [-0.1, -0.05) is 73.1 Å². The molecule has 0 aromatic heterocycles. The predicted molar refractivity (Wildman–Crippen MR) is 133 cm³/mol. The first kappa shape index (κ1) is 25.7. The Balaban J connectivity index is 1.80. The number of carbonyl (C=O) groups is 2. The van der Waals surface area contributed by atoms with Crippen molar-refractivity contribution in [3.05, 3.63) is 63.1 Å². The van der Waals surface area contributed by atoms with Crippen molar-refractivity contribution >= 4 is 46.6 Å². The van der Waals surface area contributed by atoms with Crippen LogP contribution in [0, 0.1) is 0 Å². The van der Waals surface area contributed by atoms with Gasteiger partial charge in [-0.2, -0.15) is 0 Å². The summed E-state index contributed by atoms with van der Waals surface area (Å²) in [5.41, 5.74) is 0.598. The van der Waals surface area contributed by atoms with Crippen LogP contribution in [0.4, 0.5) is 0 Å². The highest BCUT2D eigenvalue weighted by Gasteiger charge is 2.31. The van der Waals surface area contributed by atoms with Crippen molar-refractivity contribution in [3.63, 3.8) is 0 Å². The maximum Gasteiger partial charge on any atom is 0.261 e. The van der Waals surface area contributed by atoms with Crippen molar-refractivity contribution in [1.29, 1.82) is 0 Å². The molecule has 2 aromatic carbocycles. The summed E-state index contributed by atoms with van der Waals surface area (Å²) in [6.07, 6.45) is 5.78. The van der Waals surface area contributed by atoms with Crippen molar-refractivity contribution in [2.45, 2.75) is 64.1 Å². The topological polar surface area (TPSA) is 58.6 Å². The lowest BCUT2D eigenvalue weighted by molar-refractivity contribution is -0.143. The summed E-state index contributed by atoms with van der Waals surface area (Å²) in [7, 11) is 0. The Labute approximate surface area is 210 Å². The molecule has 1 aliphatic carbocycles. The highest BCUT2D eigenvalue weighted by molar-refractivity contribution is 6.36. The van der Waals surface area contributed by atoms with E-state index < -0.39 is 6.04 Å². The largest absolute Gasteiger partial charge is 0.484 e. The summed E-state index contributed by atoms with van der Waals surface area (Å²) in [6, 6.07) is 11.5. The number of benzene rings is 2. The van der Waals surface area contributed by atoms with Gasteiger partial charge in [0.05, 0.1) is 0 Å². The van der Waals surface area contributed by atoms with E-state index in [-0.39, 0.29) is 31.0 Å². The Morgan fingerprint density at radius 1 is 1.06 bits per heavy atom. The van der Waals surface area contributed by atoms with E-state index in [0.29, 0.717) is 32.8 Å². The Hall–Kier alpha value is -1.95. The van der Waals surface area contributed by atoms with Gasteiger partial charge in [0.2, 0.25) is 5.91 Å². The molecule has 33 heavy (non-hydrogen) atoms. The van der Waals surface area contributed by atoms with Crippen molar-refractivity contribution in [3.8, 4) is 5.75 Å². The van der Waals surface area contributed by atoms with Gasteiger partial charge >= 0.3 is 0 Å². The van der Waals surface area contributed by atoms with Crippen LogP contribution in [0.5, 0.6) is 5.75 Å². The number of halogens is 3. The fraction of sp³-hybridized carbons (Fsp3) is 0.440. The van der Waals surface area contributed by atoms with Gasteiger partial charge in [0.25, 0.3) is 5.91 Å². The second-order valence-corrected chi connectivity index (χ2v) is 9.49. The van der Waals surface area contributed by atoms with Crippen LogP contribution in [0.25, 0.3) is 0 Å². The zero-order valence-corrected chi connectivity index (χ0v) is 20.9. The third kappa shape index (κ3) is 7.26. The Morgan fingerprint density at radius 2 is 1.73 bits per heavy atom. The molecule has 1 saturated carbocycles. The quantitative estimate of drug-likeness (QED) is 0.431. The molecule has 178 valence electrons. The molecular weight excluding hydrogens is 483 g/mol. The van der Waals surface area contributed by atoms with Crippen molar-refractivity contribution < 1.29 is 14.3 Å². The van der Waals surface area contributed by atoms with E-state index in [1.807, 2.05) is 6.92 Å². The third-order valence-corrected chi connectivity index (χ3v) is 6.83. The van der Waals surface area contributed by atoms with Crippen LogP contribution in [-0.2, 0) is 16.1 Å². The van der Waals surface area contributed by atoms with Crippen molar-refractivity contribution in [2.75, 3.05) is 6.61 Å². The van der Waals surface area contributed by atoms with E-state index in [1.54, 1.807) is 42.5 Å². The molecule has 2 amide bonds. The molecule has 0 spiro atoms. The lowest BCUT2D eigenvalue weighted by Crippen LogP contribution is -2.52. The van der Waals surface area contributed by atoms with Crippen LogP contribution in [0.2, 0.25) is 15.1 Å². The summed E-state index contributed by atoms with van der Waals surface area (Å²) in [4.78, 5) is 28.1. The zero-order chi connectivity index (χ0) is 23.8. The first-order chi connectivity index (χ1) is 15.9. The highest BCUT2D eigenvalue weighted by atomic mass is 35.5. The van der Waals surface area contributed by atoms with Gasteiger partial charge in [-0.3, -0.25) is 9.59 Å². The van der Waals surface area contributed by atoms with Gasteiger partial charge < -0.3 is 15.0 Å². The number of amides is 2. The number of hydrogen-bond donors (Lipinski definition) is 1. The maximum atomic E-state index is 13.3. The van der Waals surface area contributed by atoms with E-state index in [1.165, 1.54) is 11.3 Å². The number of rotatable bonds is 9. The molecule has 5 nitrogen and oxygen atoms in total. The second-order valence-electron chi connectivity index (χ2n) is 8.24. The van der Waals surface area contributed by atoms with E-state index in [4.69, 9.17) is 39.5 Å². The van der Waals surface area contributed by atoms with Gasteiger partial charge in [-0.05, 0) is 49.6 Å². The standard InChI is InChI=1S/C25H29Cl3N2O3/c1-2-23(25(32)29-18-9-4-3-5-10-18)30(15-20-21(27)12-7-13-22(20)28)24(31)16-33-19-11-6-8-17(26)14-19/h6-8,11-14,18,23H,2-5,9-10,15-16H2,1H3,(H,29,32)/t23-/m1/s1. The number of nitrogens with zero attached hydrogens (tertiary/aromatic N) is 1. The molecule has 0 bridgehead atoms. The van der Waals surface area contributed by atoms with Crippen LogP contribution in [0.1, 0.15) is 51.0 Å². The maximum absolute atomic E-state index is 13.3.